The summed E-state index contributed by atoms with van der Waals surface area (Å²) in [7, 11) is 0. The SMILES string of the molecule is FC(F)(F)c1ccc(NC2CCCNC2)nc1-c1n[nH]c2ncccc12. The third-order valence-corrected chi connectivity index (χ3v) is 4.41. The van der Waals surface area contributed by atoms with Crippen LogP contribution in [0.15, 0.2) is 30.5 Å². The monoisotopic (exact) mass is 362 g/mol. The Morgan fingerprint density at radius 1 is 1.15 bits per heavy atom. The van der Waals surface area contributed by atoms with Crippen LogP contribution in [-0.2, 0) is 6.18 Å². The Kier molecular flexibility index (Phi) is 4.23. The normalized spacial score (nSPS) is 18.2. The Hall–Kier alpha value is -2.68. The Morgan fingerprint density at radius 3 is 2.81 bits per heavy atom. The van der Waals surface area contributed by atoms with E-state index in [1.165, 1.54) is 6.07 Å². The highest BCUT2D eigenvalue weighted by atomic mass is 19.4. The number of fused-ring (bicyclic) bond motifs is 1. The van der Waals surface area contributed by atoms with Gasteiger partial charge in [0.1, 0.15) is 17.2 Å². The first-order valence-electron chi connectivity index (χ1n) is 8.37. The number of anilines is 1. The van der Waals surface area contributed by atoms with Gasteiger partial charge in [-0.1, -0.05) is 0 Å². The minimum absolute atomic E-state index is 0.137. The molecule has 0 spiro atoms. The van der Waals surface area contributed by atoms with Gasteiger partial charge < -0.3 is 10.6 Å². The van der Waals surface area contributed by atoms with E-state index in [-0.39, 0.29) is 17.4 Å². The number of nitrogens with zero attached hydrogens (tertiary/aromatic N) is 3. The Labute approximate surface area is 147 Å². The van der Waals surface area contributed by atoms with Crippen LogP contribution in [0.3, 0.4) is 0 Å². The number of nitrogens with one attached hydrogen (secondary N) is 3. The molecule has 3 aromatic heterocycles. The molecule has 0 aliphatic carbocycles. The summed E-state index contributed by atoms with van der Waals surface area (Å²) in [5.74, 6) is 0.404. The Morgan fingerprint density at radius 2 is 2.04 bits per heavy atom. The highest BCUT2D eigenvalue weighted by Crippen LogP contribution is 2.38. The highest BCUT2D eigenvalue weighted by molar-refractivity contribution is 5.90. The van der Waals surface area contributed by atoms with Crippen molar-refractivity contribution >= 4 is 16.9 Å². The van der Waals surface area contributed by atoms with E-state index in [1.54, 1.807) is 18.3 Å². The third kappa shape index (κ3) is 3.22. The summed E-state index contributed by atoms with van der Waals surface area (Å²) in [5, 5.41) is 13.7. The van der Waals surface area contributed by atoms with Gasteiger partial charge in [-0.15, -0.1) is 0 Å². The molecule has 1 aliphatic rings. The minimum atomic E-state index is -4.53. The number of H-pyrrole nitrogens is 1. The molecule has 26 heavy (non-hydrogen) atoms. The number of piperidine rings is 1. The van der Waals surface area contributed by atoms with Crippen LogP contribution >= 0.6 is 0 Å². The summed E-state index contributed by atoms with van der Waals surface area (Å²) in [6, 6.07) is 5.89. The van der Waals surface area contributed by atoms with Gasteiger partial charge in [0.25, 0.3) is 0 Å². The van der Waals surface area contributed by atoms with Crippen LogP contribution in [-0.4, -0.2) is 39.3 Å². The maximum atomic E-state index is 13.5. The van der Waals surface area contributed by atoms with Gasteiger partial charge in [0.15, 0.2) is 5.65 Å². The maximum absolute atomic E-state index is 13.5. The average molecular weight is 362 g/mol. The predicted octanol–water partition coefficient (Wildman–Crippen LogP) is 3.20. The van der Waals surface area contributed by atoms with E-state index in [1.807, 2.05) is 0 Å². The Balaban J connectivity index is 1.78. The first-order chi connectivity index (χ1) is 12.5. The molecule has 0 amide bonds. The molecule has 3 aromatic rings. The molecular weight excluding hydrogens is 345 g/mol. The first kappa shape index (κ1) is 16.8. The molecule has 6 nitrogen and oxygen atoms in total. The molecule has 136 valence electrons. The molecule has 1 atom stereocenters. The van der Waals surface area contributed by atoms with Gasteiger partial charge in [0.2, 0.25) is 0 Å². The van der Waals surface area contributed by atoms with Crippen LogP contribution < -0.4 is 10.6 Å². The molecular formula is C17H17F3N6. The maximum Gasteiger partial charge on any atom is 0.418 e. The zero-order chi connectivity index (χ0) is 18.1. The van der Waals surface area contributed by atoms with Crippen molar-refractivity contribution in [3.8, 4) is 11.4 Å². The molecule has 0 aromatic carbocycles. The van der Waals surface area contributed by atoms with E-state index in [0.717, 1.165) is 32.0 Å². The lowest BCUT2D eigenvalue weighted by Crippen LogP contribution is -2.38. The van der Waals surface area contributed by atoms with Crippen molar-refractivity contribution < 1.29 is 13.2 Å². The lowest BCUT2D eigenvalue weighted by Gasteiger charge is -2.24. The number of halogens is 3. The second kappa shape index (κ2) is 6.56. The van der Waals surface area contributed by atoms with Crippen LogP contribution in [0.5, 0.6) is 0 Å². The number of aromatic nitrogens is 4. The van der Waals surface area contributed by atoms with Gasteiger partial charge >= 0.3 is 6.18 Å². The number of alkyl halides is 3. The lowest BCUT2D eigenvalue weighted by molar-refractivity contribution is -0.137. The van der Waals surface area contributed by atoms with Crippen LogP contribution in [0.4, 0.5) is 19.0 Å². The molecule has 0 bridgehead atoms. The summed E-state index contributed by atoms with van der Waals surface area (Å²) < 4.78 is 40.5. The minimum Gasteiger partial charge on any atom is -0.366 e. The standard InChI is InChI=1S/C17H17F3N6/c18-17(19,20)12-5-6-13(23-10-3-1-7-21-9-10)24-15(12)14-11-4-2-8-22-16(11)26-25-14/h2,4-6,8,10,21H,1,3,7,9H2,(H,23,24)(H,22,25,26). The highest BCUT2D eigenvalue weighted by Gasteiger charge is 2.36. The lowest BCUT2D eigenvalue weighted by atomic mass is 10.1. The van der Waals surface area contributed by atoms with Gasteiger partial charge in [-0.2, -0.15) is 18.3 Å². The van der Waals surface area contributed by atoms with E-state index in [4.69, 9.17) is 0 Å². The smallest absolute Gasteiger partial charge is 0.366 e. The average Bonchev–Trinajstić information content (AvgIpc) is 3.05. The van der Waals surface area contributed by atoms with E-state index < -0.39 is 11.7 Å². The van der Waals surface area contributed by atoms with Crippen molar-refractivity contribution in [3.05, 3.63) is 36.0 Å². The van der Waals surface area contributed by atoms with Crippen molar-refractivity contribution in [1.29, 1.82) is 0 Å². The number of pyridine rings is 2. The summed E-state index contributed by atoms with van der Waals surface area (Å²) in [5.41, 5.74) is -0.453. The van der Waals surface area contributed by atoms with Crippen molar-refractivity contribution in [2.75, 3.05) is 18.4 Å². The van der Waals surface area contributed by atoms with E-state index in [2.05, 4.69) is 30.8 Å². The number of hydrogen-bond donors (Lipinski definition) is 3. The molecule has 1 fully saturated rings. The third-order valence-electron chi connectivity index (χ3n) is 4.41. The fourth-order valence-electron chi connectivity index (χ4n) is 3.17. The van der Waals surface area contributed by atoms with Gasteiger partial charge in [-0.3, -0.25) is 5.10 Å². The second-order valence-corrected chi connectivity index (χ2v) is 6.25. The summed E-state index contributed by atoms with van der Waals surface area (Å²) >= 11 is 0. The van der Waals surface area contributed by atoms with Crippen molar-refractivity contribution in [2.45, 2.75) is 25.1 Å². The summed E-state index contributed by atoms with van der Waals surface area (Å²) in [4.78, 5) is 8.34. The van der Waals surface area contributed by atoms with Crippen LogP contribution in [0, 0.1) is 0 Å². The quantitative estimate of drug-likeness (QED) is 0.667. The van der Waals surface area contributed by atoms with Crippen molar-refractivity contribution in [3.63, 3.8) is 0 Å². The number of hydrogen-bond acceptors (Lipinski definition) is 5. The largest absolute Gasteiger partial charge is 0.418 e. The molecule has 9 heteroatoms. The predicted molar refractivity (Wildman–Crippen MR) is 91.6 cm³/mol. The molecule has 1 saturated heterocycles. The topological polar surface area (TPSA) is 78.5 Å². The fraction of sp³-hybridized carbons (Fsp3) is 0.353. The fourth-order valence-corrected chi connectivity index (χ4v) is 3.17. The molecule has 1 aliphatic heterocycles. The van der Waals surface area contributed by atoms with Crippen LogP contribution in [0.2, 0.25) is 0 Å². The van der Waals surface area contributed by atoms with Crippen LogP contribution in [0.1, 0.15) is 18.4 Å². The van der Waals surface area contributed by atoms with Gasteiger partial charge in [0, 0.05) is 24.2 Å². The zero-order valence-electron chi connectivity index (χ0n) is 13.8. The van der Waals surface area contributed by atoms with E-state index in [0.29, 0.717) is 16.9 Å². The summed E-state index contributed by atoms with van der Waals surface area (Å²) in [6.07, 6.45) is -1.02. The molecule has 3 N–H and O–H groups in total. The molecule has 0 radical (unpaired) electrons. The second-order valence-electron chi connectivity index (χ2n) is 6.25. The van der Waals surface area contributed by atoms with Gasteiger partial charge in [0.05, 0.1) is 5.56 Å². The summed E-state index contributed by atoms with van der Waals surface area (Å²) in [6.45, 7) is 1.71. The van der Waals surface area contributed by atoms with Crippen molar-refractivity contribution in [1.82, 2.24) is 25.5 Å². The zero-order valence-corrected chi connectivity index (χ0v) is 13.8. The van der Waals surface area contributed by atoms with Gasteiger partial charge in [-0.05, 0) is 43.7 Å². The van der Waals surface area contributed by atoms with E-state index >= 15 is 0 Å². The van der Waals surface area contributed by atoms with Gasteiger partial charge in [-0.25, -0.2) is 9.97 Å². The van der Waals surface area contributed by atoms with E-state index in [9.17, 15) is 13.2 Å². The molecule has 1 unspecified atom stereocenters. The first-order valence-corrected chi connectivity index (χ1v) is 8.37. The van der Waals surface area contributed by atoms with Crippen molar-refractivity contribution in [2.24, 2.45) is 0 Å². The Bertz CT molecular complexity index is 914. The number of rotatable bonds is 3. The molecule has 4 heterocycles. The molecule has 4 rings (SSSR count). The number of aromatic amines is 1. The molecule has 0 saturated carbocycles. The van der Waals surface area contributed by atoms with Crippen LogP contribution in [0.25, 0.3) is 22.4 Å².